The lowest BCUT2D eigenvalue weighted by Crippen LogP contribution is -2.50. The maximum Gasteiger partial charge on any atom is 0.239 e. The Kier molecular flexibility index (Phi) is 3.25. The Balaban J connectivity index is 1.93. The van der Waals surface area contributed by atoms with Crippen LogP contribution in [-0.4, -0.2) is 29.9 Å². The fourth-order valence-electron chi connectivity index (χ4n) is 1.84. The van der Waals surface area contributed by atoms with Crippen LogP contribution in [0, 0.1) is 6.92 Å². The molecule has 3 heteroatoms. The van der Waals surface area contributed by atoms with E-state index in [1.165, 1.54) is 5.56 Å². The van der Waals surface area contributed by atoms with Crippen LogP contribution in [0.2, 0.25) is 0 Å². The second-order valence-corrected chi connectivity index (χ2v) is 4.48. The molecule has 1 aromatic carbocycles. The molecule has 1 heterocycles. The predicted molar refractivity (Wildman–Crippen MR) is 64.1 cm³/mol. The van der Waals surface area contributed by atoms with Crippen molar-refractivity contribution in [1.82, 2.24) is 4.90 Å². The van der Waals surface area contributed by atoms with Crippen LogP contribution in [0.3, 0.4) is 0 Å². The van der Waals surface area contributed by atoms with Crippen molar-refractivity contribution in [2.45, 2.75) is 25.8 Å². The van der Waals surface area contributed by atoms with E-state index in [4.69, 9.17) is 5.73 Å². The van der Waals surface area contributed by atoms with Crippen LogP contribution in [0.4, 0.5) is 0 Å². The largest absolute Gasteiger partial charge is 0.341 e. The standard InChI is InChI=1S/C13H18N2O/c1-10-3-5-11(6-4-10)9-12(14)13(16)15-7-2-8-15/h3-6,12H,2,7-9,14H2,1H3. The normalized spacial score (nSPS) is 16.8. The van der Waals surface area contributed by atoms with Crippen LogP contribution in [0.5, 0.6) is 0 Å². The smallest absolute Gasteiger partial charge is 0.239 e. The molecule has 1 atom stereocenters. The molecule has 2 N–H and O–H groups in total. The molecule has 1 saturated heterocycles. The summed E-state index contributed by atoms with van der Waals surface area (Å²) in [7, 11) is 0. The zero-order chi connectivity index (χ0) is 11.5. The lowest BCUT2D eigenvalue weighted by Gasteiger charge is -2.33. The van der Waals surface area contributed by atoms with Gasteiger partial charge in [-0.05, 0) is 25.3 Å². The Morgan fingerprint density at radius 1 is 1.38 bits per heavy atom. The van der Waals surface area contributed by atoms with Gasteiger partial charge < -0.3 is 10.6 Å². The van der Waals surface area contributed by atoms with Crippen molar-refractivity contribution in [2.75, 3.05) is 13.1 Å². The average molecular weight is 218 g/mol. The van der Waals surface area contributed by atoms with Crippen molar-refractivity contribution >= 4 is 5.91 Å². The van der Waals surface area contributed by atoms with Crippen LogP contribution in [0.25, 0.3) is 0 Å². The summed E-state index contributed by atoms with van der Waals surface area (Å²) < 4.78 is 0. The van der Waals surface area contributed by atoms with E-state index in [0.717, 1.165) is 25.1 Å². The highest BCUT2D eigenvalue weighted by molar-refractivity contribution is 5.82. The number of nitrogens with zero attached hydrogens (tertiary/aromatic N) is 1. The molecular weight excluding hydrogens is 200 g/mol. The van der Waals surface area contributed by atoms with Crippen molar-refractivity contribution in [3.05, 3.63) is 35.4 Å². The van der Waals surface area contributed by atoms with Crippen LogP contribution in [-0.2, 0) is 11.2 Å². The fourth-order valence-corrected chi connectivity index (χ4v) is 1.84. The van der Waals surface area contributed by atoms with Crippen molar-refractivity contribution < 1.29 is 4.79 Å². The van der Waals surface area contributed by atoms with E-state index in [1.54, 1.807) is 0 Å². The number of hydrogen-bond donors (Lipinski definition) is 1. The van der Waals surface area contributed by atoms with Gasteiger partial charge >= 0.3 is 0 Å². The Morgan fingerprint density at radius 3 is 2.50 bits per heavy atom. The van der Waals surface area contributed by atoms with Gasteiger partial charge in [-0.25, -0.2) is 0 Å². The molecule has 1 aliphatic heterocycles. The number of nitrogens with two attached hydrogens (primary N) is 1. The van der Waals surface area contributed by atoms with E-state index in [9.17, 15) is 4.79 Å². The maximum atomic E-state index is 11.8. The summed E-state index contributed by atoms with van der Waals surface area (Å²) >= 11 is 0. The minimum Gasteiger partial charge on any atom is -0.341 e. The number of likely N-dealkylation sites (tertiary alicyclic amines) is 1. The van der Waals surface area contributed by atoms with Crippen molar-refractivity contribution in [3.8, 4) is 0 Å². The quantitative estimate of drug-likeness (QED) is 0.825. The van der Waals surface area contributed by atoms with E-state index in [-0.39, 0.29) is 11.9 Å². The molecule has 1 amide bonds. The number of carbonyl (C=O) groups is 1. The molecule has 0 aromatic heterocycles. The zero-order valence-electron chi connectivity index (χ0n) is 9.65. The maximum absolute atomic E-state index is 11.8. The molecule has 0 aliphatic carbocycles. The van der Waals surface area contributed by atoms with Crippen molar-refractivity contribution in [1.29, 1.82) is 0 Å². The Labute approximate surface area is 96.2 Å². The highest BCUT2D eigenvalue weighted by Crippen LogP contribution is 2.11. The number of rotatable bonds is 3. The predicted octanol–water partition coefficient (Wildman–Crippen LogP) is 1.10. The summed E-state index contributed by atoms with van der Waals surface area (Å²) in [6.45, 7) is 3.80. The van der Waals surface area contributed by atoms with Crippen LogP contribution >= 0.6 is 0 Å². The lowest BCUT2D eigenvalue weighted by molar-refractivity contribution is -0.136. The second-order valence-electron chi connectivity index (χ2n) is 4.48. The van der Waals surface area contributed by atoms with Crippen LogP contribution < -0.4 is 5.73 Å². The van der Waals surface area contributed by atoms with Gasteiger partial charge in [-0.2, -0.15) is 0 Å². The number of aryl methyl sites for hydroxylation is 1. The van der Waals surface area contributed by atoms with E-state index < -0.39 is 0 Å². The molecule has 2 rings (SSSR count). The first-order chi connectivity index (χ1) is 7.66. The zero-order valence-corrected chi connectivity index (χ0v) is 9.65. The summed E-state index contributed by atoms with van der Waals surface area (Å²) in [5.41, 5.74) is 8.27. The summed E-state index contributed by atoms with van der Waals surface area (Å²) in [6, 6.07) is 7.80. The molecule has 1 aromatic rings. The van der Waals surface area contributed by atoms with Crippen molar-refractivity contribution in [2.24, 2.45) is 5.73 Å². The molecule has 1 fully saturated rings. The van der Waals surface area contributed by atoms with Gasteiger partial charge in [0.1, 0.15) is 0 Å². The molecule has 3 nitrogen and oxygen atoms in total. The van der Waals surface area contributed by atoms with Crippen LogP contribution in [0.1, 0.15) is 17.5 Å². The van der Waals surface area contributed by atoms with Gasteiger partial charge in [0.05, 0.1) is 6.04 Å². The van der Waals surface area contributed by atoms with Gasteiger partial charge in [0.15, 0.2) is 0 Å². The third-order valence-corrected chi connectivity index (χ3v) is 3.06. The van der Waals surface area contributed by atoms with Crippen LogP contribution in [0.15, 0.2) is 24.3 Å². The van der Waals surface area contributed by atoms with Crippen molar-refractivity contribution in [3.63, 3.8) is 0 Å². The highest BCUT2D eigenvalue weighted by atomic mass is 16.2. The minimum atomic E-state index is -0.386. The fraction of sp³-hybridized carbons (Fsp3) is 0.462. The van der Waals surface area contributed by atoms with Gasteiger partial charge in [0.25, 0.3) is 0 Å². The number of hydrogen-bond acceptors (Lipinski definition) is 2. The first kappa shape index (κ1) is 11.1. The number of carbonyl (C=O) groups excluding carboxylic acids is 1. The molecule has 1 unspecified atom stereocenters. The molecule has 0 spiro atoms. The van der Waals surface area contributed by atoms with Gasteiger partial charge in [0, 0.05) is 13.1 Å². The summed E-state index contributed by atoms with van der Waals surface area (Å²) in [4.78, 5) is 13.6. The second kappa shape index (κ2) is 4.66. The lowest BCUT2D eigenvalue weighted by atomic mass is 10.0. The summed E-state index contributed by atoms with van der Waals surface area (Å²) in [6.07, 6.45) is 1.75. The summed E-state index contributed by atoms with van der Waals surface area (Å²) in [5, 5.41) is 0. The molecule has 0 saturated carbocycles. The highest BCUT2D eigenvalue weighted by Gasteiger charge is 2.25. The molecule has 16 heavy (non-hydrogen) atoms. The SMILES string of the molecule is Cc1ccc(CC(N)C(=O)N2CCC2)cc1. The first-order valence-corrected chi connectivity index (χ1v) is 5.77. The van der Waals surface area contributed by atoms with E-state index >= 15 is 0 Å². The number of amides is 1. The minimum absolute atomic E-state index is 0.0897. The third kappa shape index (κ3) is 2.42. The average Bonchev–Trinajstić information content (AvgIpc) is 2.19. The Morgan fingerprint density at radius 2 is 2.00 bits per heavy atom. The topological polar surface area (TPSA) is 46.3 Å². The molecule has 0 bridgehead atoms. The molecular formula is C13H18N2O. The monoisotopic (exact) mass is 218 g/mol. The van der Waals surface area contributed by atoms with Gasteiger partial charge in [-0.3, -0.25) is 4.79 Å². The molecule has 86 valence electrons. The molecule has 0 radical (unpaired) electrons. The first-order valence-electron chi connectivity index (χ1n) is 5.77. The summed E-state index contributed by atoms with van der Waals surface area (Å²) in [5.74, 6) is 0.0897. The van der Waals surface area contributed by atoms with Gasteiger partial charge in [-0.15, -0.1) is 0 Å². The molecule has 1 aliphatic rings. The van der Waals surface area contributed by atoms with E-state index in [1.807, 2.05) is 17.0 Å². The third-order valence-electron chi connectivity index (χ3n) is 3.06. The van der Waals surface area contributed by atoms with Gasteiger partial charge in [-0.1, -0.05) is 29.8 Å². The van der Waals surface area contributed by atoms with E-state index in [2.05, 4.69) is 19.1 Å². The Hall–Kier alpha value is -1.35. The van der Waals surface area contributed by atoms with Gasteiger partial charge in [0.2, 0.25) is 5.91 Å². The number of benzene rings is 1. The van der Waals surface area contributed by atoms with E-state index in [0.29, 0.717) is 6.42 Å². The Bertz CT molecular complexity index is 368.